The molecule has 1 aromatic heterocycles. The molecule has 0 fully saturated rings. The summed E-state index contributed by atoms with van der Waals surface area (Å²) < 4.78 is 4.82. The topological polar surface area (TPSA) is 16.1 Å². The van der Waals surface area contributed by atoms with Gasteiger partial charge in [0.05, 0.1) is 10.2 Å². The van der Waals surface area contributed by atoms with E-state index in [0.29, 0.717) is 0 Å². The number of para-hydroxylation sites is 2. The van der Waals surface area contributed by atoms with Crippen LogP contribution in [0.1, 0.15) is 84.0 Å². The average Bonchev–Trinajstić information content (AvgIpc) is 3.22. The highest BCUT2D eigenvalue weighted by atomic mass is 32.2. The van der Waals surface area contributed by atoms with Crippen LogP contribution in [0.2, 0.25) is 0 Å². The molecule has 4 heteroatoms. The Labute approximate surface area is 197 Å². The lowest BCUT2D eigenvalue weighted by molar-refractivity contribution is 0.545. The summed E-state index contributed by atoms with van der Waals surface area (Å²) in [4.78, 5) is 4.83. The molecule has 0 atom stereocenters. The number of fused-ring (bicyclic) bond motifs is 1. The van der Waals surface area contributed by atoms with Gasteiger partial charge in [0, 0.05) is 24.2 Å². The fourth-order valence-corrected chi connectivity index (χ4v) is 6.06. The number of benzene rings is 2. The first-order valence-corrected chi connectivity index (χ1v) is 13.8. The van der Waals surface area contributed by atoms with Gasteiger partial charge in [-0.2, -0.15) is 0 Å². The molecule has 31 heavy (non-hydrogen) atoms. The molecule has 0 N–H and O–H groups in total. The molecule has 0 aliphatic carbocycles. The molecule has 2 nitrogen and oxygen atoms in total. The highest BCUT2D eigenvalue weighted by Gasteiger charge is 2.12. The Bertz CT molecular complexity index is 814. The summed E-state index contributed by atoms with van der Waals surface area (Å²) in [5.41, 5.74) is 2.38. The molecule has 0 radical (unpaired) electrons. The molecule has 0 amide bonds. The van der Waals surface area contributed by atoms with Crippen LogP contribution in [0.15, 0.2) is 58.9 Å². The average molecular weight is 455 g/mol. The number of hydrogen-bond donors (Lipinski definition) is 0. The fraction of sp³-hybridized carbons (Fsp3) is 0.519. The number of hydrogen-bond acceptors (Lipinski definition) is 4. The van der Waals surface area contributed by atoms with Crippen molar-refractivity contribution in [3.63, 3.8) is 0 Å². The maximum Gasteiger partial charge on any atom is 0.171 e. The Balaban J connectivity index is 1.37. The summed E-state index contributed by atoms with van der Waals surface area (Å²) in [5, 5.41) is 0. The van der Waals surface area contributed by atoms with Gasteiger partial charge in [0.25, 0.3) is 0 Å². The van der Waals surface area contributed by atoms with Gasteiger partial charge in [0.1, 0.15) is 0 Å². The van der Waals surface area contributed by atoms with Crippen molar-refractivity contribution in [2.75, 3.05) is 10.8 Å². The standard InChI is InChI=1S/C27H38N2S2/c1-2-3-4-5-6-7-8-9-10-11-12-18-23-29(24-19-14-13-15-20-24)31-27-28-25-21-16-17-22-26(25)30-27/h13-17,19-22H,2-12,18,23H2,1H3. The van der Waals surface area contributed by atoms with Crippen molar-refractivity contribution in [2.45, 2.75) is 88.3 Å². The molecule has 0 aliphatic rings. The van der Waals surface area contributed by atoms with Gasteiger partial charge in [0.15, 0.2) is 4.34 Å². The van der Waals surface area contributed by atoms with Gasteiger partial charge < -0.3 is 4.31 Å². The van der Waals surface area contributed by atoms with E-state index in [1.54, 1.807) is 23.3 Å². The normalized spacial score (nSPS) is 11.3. The van der Waals surface area contributed by atoms with E-state index in [2.05, 4.69) is 65.8 Å². The Morgan fingerprint density at radius 1 is 0.710 bits per heavy atom. The zero-order valence-corrected chi connectivity index (χ0v) is 20.7. The zero-order valence-electron chi connectivity index (χ0n) is 19.1. The molecule has 2 aromatic carbocycles. The van der Waals surface area contributed by atoms with Gasteiger partial charge in [-0.1, -0.05) is 108 Å². The fourth-order valence-electron chi connectivity index (χ4n) is 3.90. The highest BCUT2D eigenvalue weighted by Crippen LogP contribution is 2.34. The van der Waals surface area contributed by atoms with E-state index in [9.17, 15) is 0 Å². The largest absolute Gasteiger partial charge is 0.310 e. The van der Waals surface area contributed by atoms with Crippen LogP contribution in [0.3, 0.4) is 0 Å². The van der Waals surface area contributed by atoms with Crippen LogP contribution in [-0.4, -0.2) is 11.5 Å². The molecule has 0 spiro atoms. The molecule has 0 unspecified atom stereocenters. The molecular weight excluding hydrogens is 416 g/mol. The van der Waals surface area contributed by atoms with Crippen LogP contribution in [0, 0.1) is 0 Å². The molecule has 0 saturated carbocycles. The number of unbranched alkanes of at least 4 members (excludes halogenated alkanes) is 11. The van der Waals surface area contributed by atoms with Crippen LogP contribution < -0.4 is 4.31 Å². The first kappa shape index (κ1) is 24.1. The van der Waals surface area contributed by atoms with Gasteiger partial charge in [-0.05, 0) is 30.7 Å². The van der Waals surface area contributed by atoms with Crippen LogP contribution in [0.4, 0.5) is 5.69 Å². The lowest BCUT2D eigenvalue weighted by Crippen LogP contribution is -2.15. The second-order valence-electron chi connectivity index (χ2n) is 8.37. The first-order valence-electron chi connectivity index (χ1n) is 12.2. The van der Waals surface area contributed by atoms with E-state index in [-0.39, 0.29) is 0 Å². The Morgan fingerprint density at radius 2 is 1.29 bits per heavy atom. The van der Waals surface area contributed by atoms with Crippen LogP contribution in [0.25, 0.3) is 10.2 Å². The molecule has 3 rings (SSSR count). The monoisotopic (exact) mass is 454 g/mol. The summed E-state index contributed by atoms with van der Waals surface area (Å²) in [5.74, 6) is 0. The minimum Gasteiger partial charge on any atom is -0.310 e. The maximum atomic E-state index is 4.83. The summed E-state index contributed by atoms with van der Waals surface area (Å²) >= 11 is 3.58. The maximum absolute atomic E-state index is 4.83. The Hall–Kier alpha value is -1.52. The molecule has 1 heterocycles. The van der Waals surface area contributed by atoms with E-state index >= 15 is 0 Å². The van der Waals surface area contributed by atoms with Gasteiger partial charge >= 0.3 is 0 Å². The van der Waals surface area contributed by atoms with Crippen LogP contribution in [-0.2, 0) is 0 Å². The first-order chi connectivity index (χ1) is 15.4. The third-order valence-electron chi connectivity index (χ3n) is 5.72. The molecule has 168 valence electrons. The predicted molar refractivity (Wildman–Crippen MR) is 140 cm³/mol. The van der Waals surface area contributed by atoms with Crippen molar-refractivity contribution < 1.29 is 0 Å². The van der Waals surface area contributed by atoms with Crippen LogP contribution >= 0.6 is 23.3 Å². The third kappa shape index (κ3) is 8.86. The number of rotatable bonds is 16. The molecule has 0 bridgehead atoms. The number of anilines is 1. The SMILES string of the molecule is CCCCCCCCCCCCCCN(Sc1nc2ccccc2s1)c1ccccc1. The van der Waals surface area contributed by atoms with E-state index in [0.717, 1.165) is 16.4 Å². The molecule has 0 saturated heterocycles. The number of thiazole rings is 1. The van der Waals surface area contributed by atoms with Crippen molar-refractivity contribution in [3.8, 4) is 0 Å². The number of aromatic nitrogens is 1. The lowest BCUT2D eigenvalue weighted by atomic mass is 10.1. The van der Waals surface area contributed by atoms with E-state index in [1.807, 2.05) is 0 Å². The van der Waals surface area contributed by atoms with Crippen molar-refractivity contribution >= 4 is 39.2 Å². The Morgan fingerprint density at radius 3 is 1.94 bits per heavy atom. The lowest BCUT2D eigenvalue weighted by Gasteiger charge is -2.22. The zero-order chi connectivity index (χ0) is 21.6. The minimum atomic E-state index is 1.07. The van der Waals surface area contributed by atoms with Crippen LogP contribution in [0.5, 0.6) is 0 Å². The van der Waals surface area contributed by atoms with Crippen molar-refractivity contribution in [3.05, 3.63) is 54.6 Å². The number of nitrogens with zero attached hydrogens (tertiary/aromatic N) is 2. The highest BCUT2D eigenvalue weighted by molar-refractivity contribution is 8.02. The summed E-state index contributed by atoms with van der Waals surface area (Å²) in [6.45, 7) is 3.36. The van der Waals surface area contributed by atoms with Crippen molar-refractivity contribution in [1.29, 1.82) is 0 Å². The van der Waals surface area contributed by atoms with Gasteiger partial charge in [-0.15, -0.1) is 11.3 Å². The molecular formula is C27H38N2S2. The predicted octanol–water partition coefficient (Wildman–Crippen LogP) is 9.51. The molecule has 3 aromatic rings. The summed E-state index contributed by atoms with van der Waals surface area (Å²) in [7, 11) is 0. The smallest absolute Gasteiger partial charge is 0.171 e. The van der Waals surface area contributed by atoms with Gasteiger partial charge in [-0.25, -0.2) is 4.98 Å². The quantitative estimate of drug-likeness (QED) is 0.158. The minimum absolute atomic E-state index is 1.07. The third-order valence-corrected chi connectivity index (χ3v) is 7.89. The summed E-state index contributed by atoms with van der Waals surface area (Å²) in [6, 6.07) is 19.2. The van der Waals surface area contributed by atoms with Gasteiger partial charge in [-0.3, -0.25) is 0 Å². The van der Waals surface area contributed by atoms with E-state index in [1.165, 1.54) is 87.4 Å². The second-order valence-corrected chi connectivity index (χ2v) is 10.7. The van der Waals surface area contributed by atoms with E-state index < -0.39 is 0 Å². The molecule has 0 aliphatic heterocycles. The second kappa shape index (κ2) is 14.5. The van der Waals surface area contributed by atoms with Gasteiger partial charge in [0.2, 0.25) is 0 Å². The van der Waals surface area contributed by atoms with E-state index in [4.69, 9.17) is 4.98 Å². The summed E-state index contributed by atoms with van der Waals surface area (Å²) in [6.07, 6.45) is 16.7. The van der Waals surface area contributed by atoms with Crippen molar-refractivity contribution in [1.82, 2.24) is 4.98 Å². The Kier molecular flexibility index (Phi) is 11.3. The van der Waals surface area contributed by atoms with Crippen molar-refractivity contribution in [2.24, 2.45) is 0 Å².